The molecule has 0 amide bonds. The van der Waals surface area contributed by atoms with E-state index < -0.39 is 12.6 Å². The van der Waals surface area contributed by atoms with Gasteiger partial charge in [0.05, 0.1) is 0 Å². The minimum absolute atomic E-state index is 0.778. The Hall–Kier alpha value is -0.570. The van der Waals surface area contributed by atoms with E-state index in [-0.39, 0.29) is 0 Å². The first kappa shape index (κ1) is 10.9. The summed E-state index contributed by atoms with van der Waals surface area (Å²) in [5, 5.41) is 15.0. The predicted octanol–water partition coefficient (Wildman–Crippen LogP) is 1.90. The van der Waals surface area contributed by atoms with Crippen molar-refractivity contribution in [2.24, 2.45) is 23.7 Å². The van der Waals surface area contributed by atoms with Gasteiger partial charge in [-0.25, -0.2) is 4.79 Å². The Labute approximate surface area is 90.5 Å². The smallest absolute Gasteiger partial charge is 0.329 e. The van der Waals surface area contributed by atoms with E-state index in [0.717, 1.165) is 0 Å². The predicted molar refractivity (Wildman–Crippen MR) is 56.4 cm³/mol. The molecule has 0 radical (unpaired) electrons. The SMILES string of the molecule is C1C2CC3CC1CC(C2)C3.O=C(O)CO. The van der Waals surface area contributed by atoms with Gasteiger partial charge in [-0.3, -0.25) is 0 Å². The molecule has 2 N–H and O–H groups in total. The molecule has 0 atom stereocenters. The Morgan fingerprint density at radius 2 is 1.07 bits per heavy atom. The van der Waals surface area contributed by atoms with Crippen molar-refractivity contribution in [3.05, 3.63) is 0 Å². The Morgan fingerprint density at radius 1 is 0.867 bits per heavy atom. The standard InChI is InChI=1S/C10H16.C2H4O3/c1-7-2-9-4-8(1)5-10(3-7)6-9;3-1-2(4)5/h7-10H,1-6H2;3H,1H2,(H,4,5). The quantitative estimate of drug-likeness (QED) is 0.698. The van der Waals surface area contributed by atoms with Crippen molar-refractivity contribution in [3.8, 4) is 0 Å². The highest BCUT2D eigenvalue weighted by molar-refractivity contribution is 5.67. The van der Waals surface area contributed by atoms with Gasteiger partial charge in [0, 0.05) is 0 Å². The van der Waals surface area contributed by atoms with Crippen LogP contribution in [0.15, 0.2) is 0 Å². The second-order valence-electron chi connectivity index (χ2n) is 5.43. The molecule has 0 aliphatic heterocycles. The molecule has 0 heterocycles. The lowest BCUT2D eigenvalue weighted by atomic mass is 9.56. The van der Waals surface area contributed by atoms with E-state index in [1.54, 1.807) is 38.5 Å². The van der Waals surface area contributed by atoms with E-state index in [0.29, 0.717) is 0 Å². The van der Waals surface area contributed by atoms with Gasteiger partial charge in [-0.1, -0.05) is 0 Å². The summed E-state index contributed by atoms with van der Waals surface area (Å²) in [6.45, 7) is -0.778. The fraction of sp³-hybridized carbons (Fsp3) is 0.917. The molecule has 3 nitrogen and oxygen atoms in total. The van der Waals surface area contributed by atoms with Crippen LogP contribution in [-0.2, 0) is 4.79 Å². The lowest BCUT2D eigenvalue weighted by molar-refractivity contribution is -0.140. The van der Waals surface area contributed by atoms with Gasteiger partial charge < -0.3 is 10.2 Å². The van der Waals surface area contributed by atoms with E-state index in [1.807, 2.05) is 0 Å². The highest BCUT2D eigenvalue weighted by Gasteiger charge is 2.41. The fourth-order valence-corrected chi connectivity index (χ4v) is 3.98. The van der Waals surface area contributed by atoms with Crippen LogP contribution in [0.25, 0.3) is 0 Å². The lowest BCUT2D eigenvalue weighted by Gasteiger charge is -2.49. The van der Waals surface area contributed by atoms with Gasteiger partial charge >= 0.3 is 5.97 Å². The van der Waals surface area contributed by atoms with Gasteiger partial charge in [-0.15, -0.1) is 0 Å². The number of carboxylic acid groups (broad SMARTS) is 1. The Balaban J connectivity index is 0.000000149. The highest BCUT2D eigenvalue weighted by Crippen LogP contribution is 2.53. The van der Waals surface area contributed by atoms with E-state index >= 15 is 0 Å². The third-order valence-electron chi connectivity index (χ3n) is 4.14. The molecule has 4 aliphatic rings. The number of hydrogen-bond donors (Lipinski definition) is 2. The Bertz CT molecular complexity index is 180. The van der Waals surface area contributed by atoms with Crippen molar-refractivity contribution in [2.75, 3.05) is 6.61 Å². The maximum absolute atomic E-state index is 9.12. The van der Waals surface area contributed by atoms with Crippen molar-refractivity contribution in [3.63, 3.8) is 0 Å². The first-order valence-corrected chi connectivity index (χ1v) is 6.00. The molecule has 86 valence electrons. The highest BCUT2D eigenvalue weighted by atomic mass is 16.4. The minimum Gasteiger partial charge on any atom is -0.480 e. The van der Waals surface area contributed by atoms with Gasteiger partial charge in [-0.05, 0) is 62.2 Å². The van der Waals surface area contributed by atoms with Crippen molar-refractivity contribution in [2.45, 2.75) is 38.5 Å². The second kappa shape index (κ2) is 4.52. The van der Waals surface area contributed by atoms with Crippen molar-refractivity contribution in [1.29, 1.82) is 0 Å². The van der Waals surface area contributed by atoms with Crippen LogP contribution in [0.2, 0.25) is 0 Å². The molecule has 0 unspecified atom stereocenters. The third kappa shape index (κ3) is 2.71. The molecule has 0 spiro atoms. The van der Waals surface area contributed by atoms with Crippen molar-refractivity contribution in [1.82, 2.24) is 0 Å². The molecular formula is C12H20O3. The lowest BCUT2D eigenvalue weighted by Crippen LogP contribution is -2.38. The zero-order valence-electron chi connectivity index (χ0n) is 9.06. The van der Waals surface area contributed by atoms with Crippen LogP contribution in [-0.4, -0.2) is 22.8 Å². The summed E-state index contributed by atoms with van der Waals surface area (Å²) in [6.07, 6.45) is 9.62. The van der Waals surface area contributed by atoms with Gasteiger partial charge in [0.25, 0.3) is 0 Å². The zero-order chi connectivity index (χ0) is 10.8. The maximum Gasteiger partial charge on any atom is 0.329 e. The van der Waals surface area contributed by atoms with Crippen LogP contribution in [0, 0.1) is 23.7 Å². The monoisotopic (exact) mass is 212 g/mol. The van der Waals surface area contributed by atoms with E-state index in [4.69, 9.17) is 15.0 Å². The van der Waals surface area contributed by atoms with Gasteiger partial charge in [-0.2, -0.15) is 0 Å². The van der Waals surface area contributed by atoms with E-state index in [1.165, 1.54) is 23.7 Å². The van der Waals surface area contributed by atoms with E-state index in [2.05, 4.69) is 0 Å². The van der Waals surface area contributed by atoms with Crippen LogP contribution in [0.5, 0.6) is 0 Å². The number of aliphatic hydroxyl groups excluding tert-OH is 1. The second-order valence-corrected chi connectivity index (χ2v) is 5.43. The van der Waals surface area contributed by atoms with Crippen LogP contribution in [0.3, 0.4) is 0 Å². The number of rotatable bonds is 1. The van der Waals surface area contributed by atoms with Gasteiger partial charge in [0.15, 0.2) is 0 Å². The number of carboxylic acids is 1. The van der Waals surface area contributed by atoms with Crippen LogP contribution < -0.4 is 0 Å². The number of carbonyl (C=O) groups is 1. The van der Waals surface area contributed by atoms with Crippen LogP contribution >= 0.6 is 0 Å². The molecule has 4 rings (SSSR count). The summed E-state index contributed by atoms with van der Waals surface area (Å²) in [5.74, 6) is 3.52. The molecule has 4 aliphatic carbocycles. The summed E-state index contributed by atoms with van der Waals surface area (Å²) < 4.78 is 0. The number of aliphatic hydroxyl groups is 1. The first-order valence-electron chi connectivity index (χ1n) is 6.00. The number of aliphatic carboxylic acids is 1. The van der Waals surface area contributed by atoms with Crippen molar-refractivity contribution < 1.29 is 15.0 Å². The molecular weight excluding hydrogens is 192 g/mol. The molecule has 0 saturated heterocycles. The molecule has 0 aromatic rings. The average molecular weight is 212 g/mol. The van der Waals surface area contributed by atoms with E-state index in [9.17, 15) is 0 Å². The van der Waals surface area contributed by atoms with Crippen LogP contribution in [0.4, 0.5) is 0 Å². The zero-order valence-corrected chi connectivity index (χ0v) is 9.06. The third-order valence-corrected chi connectivity index (χ3v) is 4.14. The average Bonchev–Trinajstić information content (AvgIpc) is 2.16. The first-order chi connectivity index (χ1) is 7.17. The Morgan fingerprint density at radius 3 is 1.20 bits per heavy atom. The summed E-state index contributed by atoms with van der Waals surface area (Å²) in [6, 6.07) is 0. The summed E-state index contributed by atoms with van der Waals surface area (Å²) in [4.78, 5) is 9.12. The molecule has 0 aromatic heterocycles. The van der Waals surface area contributed by atoms with Crippen LogP contribution in [0.1, 0.15) is 38.5 Å². The largest absolute Gasteiger partial charge is 0.480 e. The molecule has 3 heteroatoms. The molecule has 4 fully saturated rings. The number of hydrogen-bond acceptors (Lipinski definition) is 2. The topological polar surface area (TPSA) is 57.5 Å². The molecule has 4 saturated carbocycles. The summed E-state index contributed by atoms with van der Waals surface area (Å²) in [5.41, 5.74) is 0. The van der Waals surface area contributed by atoms with Gasteiger partial charge in [0.1, 0.15) is 6.61 Å². The fourth-order valence-electron chi connectivity index (χ4n) is 3.98. The minimum atomic E-state index is -1.19. The summed E-state index contributed by atoms with van der Waals surface area (Å²) in [7, 11) is 0. The van der Waals surface area contributed by atoms with Gasteiger partial charge in [0.2, 0.25) is 0 Å². The Kier molecular flexibility index (Phi) is 3.29. The molecule has 15 heavy (non-hydrogen) atoms. The molecule has 4 bridgehead atoms. The van der Waals surface area contributed by atoms with Crippen molar-refractivity contribution >= 4 is 5.97 Å². The maximum atomic E-state index is 9.12. The molecule has 0 aromatic carbocycles. The summed E-state index contributed by atoms with van der Waals surface area (Å²) >= 11 is 0. The normalized spacial score (nSPS) is 40.9.